The number of hydrogen-bond donors (Lipinski definition) is 3. The average Bonchev–Trinajstić information content (AvgIpc) is 3.20. The number of aliphatic hydroxyl groups excluding tert-OH is 1. The minimum atomic E-state index is -0.736. The maximum absolute atomic E-state index is 13.3. The SMILES string of the molecule is CCCCCCCOC(=O)NC(CC1CCCCC1)C(=O)NC(CO)CCC(=O)N1CCOc2ccccc2C1. The monoisotopic (exact) mass is 559 g/mol. The van der Waals surface area contributed by atoms with Crippen LogP contribution in [-0.2, 0) is 20.9 Å². The van der Waals surface area contributed by atoms with Crippen LogP contribution in [0.3, 0.4) is 0 Å². The maximum atomic E-state index is 13.3. The lowest BCUT2D eigenvalue weighted by molar-refractivity contribution is -0.132. The fourth-order valence-electron chi connectivity index (χ4n) is 5.55. The third-order valence-corrected chi connectivity index (χ3v) is 7.96. The summed E-state index contributed by atoms with van der Waals surface area (Å²) in [5.41, 5.74) is 0.963. The van der Waals surface area contributed by atoms with Gasteiger partial charge in [0.15, 0.2) is 0 Å². The van der Waals surface area contributed by atoms with Crippen molar-refractivity contribution in [2.45, 2.75) is 109 Å². The van der Waals surface area contributed by atoms with E-state index in [1.54, 1.807) is 4.90 Å². The molecule has 9 nitrogen and oxygen atoms in total. The molecule has 224 valence electrons. The Morgan fingerprint density at radius 1 is 1.07 bits per heavy atom. The first-order valence-electron chi connectivity index (χ1n) is 15.3. The van der Waals surface area contributed by atoms with Crippen LogP contribution >= 0.6 is 0 Å². The van der Waals surface area contributed by atoms with Crippen molar-refractivity contribution in [1.29, 1.82) is 0 Å². The second kappa shape index (κ2) is 17.8. The summed E-state index contributed by atoms with van der Waals surface area (Å²) in [5, 5.41) is 15.7. The molecule has 0 radical (unpaired) electrons. The maximum Gasteiger partial charge on any atom is 0.407 e. The second-order valence-corrected chi connectivity index (χ2v) is 11.2. The summed E-state index contributed by atoms with van der Waals surface area (Å²) in [6, 6.07) is 6.37. The second-order valence-electron chi connectivity index (χ2n) is 11.2. The summed E-state index contributed by atoms with van der Waals surface area (Å²) >= 11 is 0. The van der Waals surface area contributed by atoms with Gasteiger partial charge in [0.2, 0.25) is 11.8 Å². The Labute approximate surface area is 239 Å². The molecule has 1 aromatic carbocycles. The Kier molecular flexibility index (Phi) is 14.1. The normalized spacial score (nSPS) is 17.1. The molecule has 1 aliphatic heterocycles. The van der Waals surface area contributed by atoms with Crippen molar-refractivity contribution >= 4 is 17.9 Å². The van der Waals surface area contributed by atoms with E-state index in [-0.39, 0.29) is 24.8 Å². The van der Waals surface area contributed by atoms with Gasteiger partial charge in [-0.25, -0.2) is 4.79 Å². The van der Waals surface area contributed by atoms with Crippen molar-refractivity contribution in [2.75, 3.05) is 26.4 Å². The van der Waals surface area contributed by atoms with Crippen LogP contribution in [0.2, 0.25) is 0 Å². The Hall–Kier alpha value is -2.81. The zero-order valence-electron chi connectivity index (χ0n) is 24.2. The lowest BCUT2D eigenvalue weighted by atomic mass is 9.84. The number of rotatable bonds is 15. The highest BCUT2D eigenvalue weighted by Gasteiger charge is 2.28. The van der Waals surface area contributed by atoms with E-state index in [0.29, 0.717) is 45.1 Å². The zero-order chi connectivity index (χ0) is 28.6. The summed E-state index contributed by atoms with van der Waals surface area (Å²) < 4.78 is 11.1. The molecule has 9 heteroatoms. The molecule has 0 spiro atoms. The fourth-order valence-corrected chi connectivity index (χ4v) is 5.55. The van der Waals surface area contributed by atoms with E-state index in [9.17, 15) is 19.5 Å². The van der Waals surface area contributed by atoms with Gasteiger partial charge in [-0.05, 0) is 31.2 Å². The minimum absolute atomic E-state index is 0.0487. The molecule has 1 heterocycles. The zero-order valence-corrected chi connectivity index (χ0v) is 24.2. The van der Waals surface area contributed by atoms with E-state index in [1.807, 2.05) is 24.3 Å². The van der Waals surface area contributed by atoms with Crippen LogP contribution in [0.5, 0.6) is 5.75 Å². The van der Waals surface area contributed by atoms with Crippen LogP contribution in [-0.4, -0.2) is 66.4 Å². The van der Waals surface area contributed by atoms with Crippen molar-refractivity contribution in [3.8, 4) is 5.75 Å². The van der Waals surface area contributed by atoms with E-state index < -0.39 is 18.2 Å². The molecule has 1 fully saturated rings. The van der Waals surface area contributed by atoms with E-state index in [0.717, 1.165) is 62.7 Å². The van der Waals surface area contributed by atoms with Gasteiger partial charge in [-0.3, -0.25) is 9.59 Å². The molecule has 2 aliphatic rings. The lowest BCUT2D eigenvalue weighted by Crippen LogP contribution is -2.51. The van der Waals surface area contributed by atoms with Gasteiger partial charge in [-0.2, -0.15) is 0 Å². The van der Waals surface area contributed by atoms with E-state index in [1.165, 1.54) is 12.8 Å². The first kappa shape index (κ1) is 31.7. The highest BCUT2D eigenvalue weighted by Crippen LogP contribution is 2.27. The van der Waals surface area contributed by atoms with Crippen molar-refractivity contribution in [2.24, 2.45) is 5.92 Å². The number of carbonyl (C=O) groups excluding carboxylic acids is 3. The topological polar surface area (TPSA) is 117 Å². The van der Waals surface area contributed by atoms with Gasteiger partial charge in [-0.15, -0.1) is 0 Å². The van der Waals surface area contributed by atoms with Gasteiger partial charge in [-0.1, -0.05) is 82.9 Å². The van der Waals surface area contributed by atoms with E-state index >= 15 is 0 Å². The molecule has 40 heavy (non-hydrogen) atoms. The quantitative estimate of drug-likeness (QED) is 0.268. The number of hydrogen-bond acceptors (Lipinski definition) is 6. The summed E-state index contributed by atoms with van der Waals surface area (Å²) in [4.78, 5) is 40.6. The van der Waals surface area contributed by atoms with Gasteiger partial charge in [0, 0.05) is 18.5 Å². The lowest BCUT2D eigenvalue weighted by Gasteiger charge is -2.28. The summed E-state index contributed by atoms with van der Waals surface area (Å²) in [6.07, 6.45) is 11.3. The molecule has 3 N–H and O–H groups in total. The highest BCUT2D eigenvalue weighted by molar-refractivity contribution is 5.86. The molecule has 0 aromatic heterocycles. The molecular formula is C31H49N3O6. The van der Waals surface area contributed by atoms with Gasteiger partial charge in [0.1, 0.15) is 18.4 Å². The molecule has 3 rings (SSSR count). The molecule has 3 amide bonds. The smallest absolute Gasteiger partial charge is 0.407 e. The predicted octanol–water partition coefficient (Wildman–Crippen LogP) is 4.70. The van der Waals surface area contributed by atoms with Crippen molar-refractivity contribution < 1.29 is 29.0 Å². The number of fused-ring (bicyclic) bond motifs is 1. The van der Waals surface area contributed by atoms with Gasteiger partial charge in [0.25, 0.3) is 0 Å². The van der Waals surface area contributed by atoms with Crippen LogP contribution in [0, 0.1) is 5.92 Å². The molecule has 2 atom stereocenters. The van der Waals surface area contributed by atoms with E-state index in [4.69, 9.17) is 9.47 Å². The number of amides is 3. The van der Waals surface area contributed by atoms with Crippen LogP contribution in [0.25, 0.3) is 0 Å². The van der Waals surface area contributed by atoms with E-state index in [2.05, 4.69) is 17.6 Å². The van der Waals surface area contributed by atoms with Crippen molar-refractivity contribution in [3.63, 3.8) is 0 Å². The van der Waals surface area contributed by atoms with Gasteiger partial charge < -0.3 is 30.1 Å². The molecule has 1 aromatic rings. The van der Waals surface area contributed by atoms with Crippen LogP contribution in [0.1, 0.15) is 96.0 Å². The number of nitrogens with zero attached hydrogens (tertiary/aromatic N) is 1. The first-order chi connectivity index (χ1) is 19.5. The Morgan fingerprint density at radius 2 is 1.85 bits per heavy atom. The number of ether oxygens (including phenoxy) is 2. The third-order valence-electron chi connectivity index (χ3n) is 7.96. The summed E-state index contributed by atoms with van der Waals surface area (Å²) in [6.45, 7) is 3.58. The first-order valence-corrected chi connectivity index (χ1v) is 15.3. The van der Waals surface area contributed by atoms with Crippen molar-refractivity contribution in [1.82, 2.24) is 15.5 Å². The van der Waals surface area contributed by atoms with Gasteiger partial charge in [0.05, 0.1) is 25.8 Å². The number of aliphatic hydroxyl groups is 1. The third kappa shape index (κ3) is 11.0. The number of alkyl carbamates (subject to hydrolysis) is 1. The molecule has 0 saturated heterocycles. The highest BCUT2D eigenvalue weighted by atomic mass is 16.5. The molecule has 1 aliphatic carbocycles. The standard InChI is InChI=1S/C31H49N3O6/c1-2-3-4-5-11-19-40-31(38)33-27(21-24-12-7-6-8-13-24)30(37)32-26(23-35)16-17-29(36)34-18-20-39-28-15-10-9-14-25(28)22-34/h9-10,14-15,24,26-27,35H,2-8,11-13,16-23H2,1H3,(H,32,37)(H,33,38). The molecule has 0 bridgehead atoms. The predicted molar refractivity (Wildman–Crippen MR) is 154 cm³/mol. The molecule has 1 saturated carbocycles. The number of nitrogens with one attached hydrogen (secondary N) is 2. The Morgan fingerprint density at radius 3 is 2.62 bits per heavy atom. The van der Waals surface area contributed by atoms with Crippen LogP contribution in [0.4, 0.5) is 4.79 Å². The number of benzene rings is 1. The number of carbonyl (C=O) groups is 3. The van der Waals surface area contributed by atoms with Gasteiger partial charge >= 0.3 is 6.09 Å². The Bertz CT molecular complexity index is 920. The summed E-state index contributed by atoms with van der Waals surface area (Å²) in [5.74, 6) is 0.771. The molecule has 2 unspecified atom stereocenters. The minimum Gasteiger partial charge on any atom is -0.491 e. The average molecular weight is 560 g/mol. The van der Waals surface area contributed by atoms with Crippen molar-refractivity contribution in [3.05, 3.63) is 29.8 Å². The largest absolute Gasteiger partial charge is 0.491 e. The van der Waals surface area contributed by atoms with Crippen LogP contribution in [0.15, 0.2) is 24.3 Å². The van der Waals surface area contributed by atoms with Crippen LogP contribution < -0.4 is 15.4 Å². The number of unbranched alkanes of at least 4 members (excludes halogenated alkanes) is 4. The number of para-hydroxylation sites is 1. The Balaban J connectivity index is 1.50. The summed E-state index contributed by atoms with van der Waals surface area (Å²) in [7, 11) is 0. The fraction of sp³-hybridized carbons (Fsp3) is 0.710. The molecular weight excluding hydrogens is 510 g/mol.